The lowest BCUT2D eigenvalue weighted by molar-refractivity contribution is 0.0976. The largest absolute Gasteiger partial charge is 0.454 e. The van der Waals surface area contributed by atoms with E-state index in [0.717, 1.165) is 6.54 Å². The number of amides is 1. The maximum atomic E-state index is 12.0. The molecule has 1 aliphatic heterocycles. The summed E-state index contributed by atoms with van der Waals surface area (Å²) in [5, 5.41) is 5.94. The van der Waals surface area contributed by atoms with Crippen LogP contribution in [0.5, 0.6) is 11.5 Å². The Morgan fingerprint density at radius 2 is 2.11 bits per heavy atom. The Balaban J connectivity index is 1.94. The minimum atomic E-state index is -0.264. The second kappa shape index (κ2) is 5.88. The van der Waals surface area contributed by atoms with Gasteiger partial charge in [-0.3, -0.25) is 10.1 Å². The predicted molar refractivity (Wildman–Crippen MR) is 75.5 cm³/mol. The highest BCUT2D eigenvalue weighted by molar-refractivity contribution is 7.80. The molecule has 2 N–H and O–H groups in total. The van der Waals surface area contributed by atoms with E-state index in [1.54, 1.807) is 18.2 Å². The summed E-state index contributed by atoms with van der Waals surface area (Å²) >= 11 is 5.05. The van der Waals surface area contributed by atoms with E-state index in [1.807, 2.05) is 0 Å². The molecule has 0 spiro atoms. The monoisotopic (exact) mass is 280 g/mol. The maximum absolute atomic E-state index is 12.0. The second-order valence-corrected chi connectivity index (χ2v) is 5.03. The number of nitrogens with one attached hydrogen (secondary N) is 2. The predicted octanol–water partition coefficient (Wildman–Crippen LogP) is 1.68. The van der Waals surface area contributed by atoms with E-state index in [-0.39, 0.29) is 12.7 Å². The van der Waals surface area contributed by atoms with Crippen molar-refractivity contribution in [3.05, 3.63) is 23.8 Å². The Bertz CT molecular complexity index is 503. The molecule has 0 bridgehead atoms. The van der Waals surface area contributed by atoms with Crippen molar-refractivity contribution >= 4 is 23.2 Å². The average molecular weight is 280 g/mol. The number of carbonyl (C=O) groups is 1. The lowest BCUT2D eigenvalue weighted by atomic mass is 10.2. The van der Waals surface area contributed by atoms with E-state index in [1.165, 1.54) is 0 Å². The fourth-order valence-electron chi connectivity index (χ4n) is 1.55. The van der Waals surface area contributed by atoms with Crippen LogP contribution in [-0.2, 0) is 0 Å². The molecule has 0 saturated carbocycles. The molecule has 1 amide bonds. The van der Waals surface area contributed by atoms with Gasteiger partial charge >= 0.3 is 0 Å². The summed E-state index contributed by atoms with van der Waals surface area (Å²) in [6.45, 7) is 5.04. The molecule has 6 heteroatoms. The van der Waals surface area contributed by atoms with E-state index in [9.17, 15) is 4.79 Å². The molecule has 5 nitrogen and oxygen atoms in total. The fourth-order valence-corrected chi connectivity index (χ4v) is 1.73. The number of carbonyl (C=O) groups excluding carboxylic acids is 1. The molecule has 0 saturated heterocycles. The van der Waals surface area contributed by atoms with Gasteiger partial charge in [0.15, 0.2) is 16.6 Å². The van der Waals surface area contributed by atoms with Gasteiger partial charge in [-0.05, 0) is 36.3 Å². The van der Waals surface area contributed by atoms with Crippen molar-refractivity contribution in [2.24, 2.45) is 5.92 Å². The number of benzene rings is 1. The fraction of sp³-hybridized carbons (Fsp3) is 0.385. The quantitative estimate of drug-likeness (QED) is 0.825. The van der Waals surface area contributed by atoms with Gasteiger partial charge < -0.3 is 14.8 Å². The highest BCUT2D eigenvalue weighted by Crippen LogP contribution is 2.32. The van der Waals surface area contributed by atoms with E-state index in [2.05, 4.69) is 24.5 Å². The summed E-state index contributed by atoms with van der Waals surface area (Å²) in [6, 6.07) is 5.03. The first-order valence-electron chi connectivity index (χ1n) is 6.05. The lowest BCUT2D eigenvalue weighted by Gasteiger charge is -2.11. The third kappa shape index (κ3) is 3.57. The Morgan fingerprint density at radius 1 is 1.37 bits per heavy atom. The minimum absolute atomic E-state index is 0.189. The van der Waals surface area contributed by atoms with Crippen molar-refractivity contribution in [2.75, 3.05) is 13.3 Å². The number of hydrogen-bond donors (Lipinski definition) is 2. The first kappa shape index (κ1) is 13.6. The molecule has 1 aromatic carbocycles. The van der Waals surface area contributed by atoms with Gasteiger partial charge in [-0.2, -0.15) is 0 Å². The van der Waals surface area contributed by atoms with Gasteiger partial charge in [0.2, 0.25) is 6.79 Å². The summed E-state index contributed by atoms with van der Waals surface area (Å²) < 4.78 is 10.4. The van der Waals surface area contributed by atoms with Gasteiger partial charge in [-0.15, -0.1) is 0 Å². The third-order valence-electron chi connectivity index (χ3n) is 2.53. The van der Waals surface area contributed by atoms with Crippen molar-refractivity contribution in [1.29, 1.82) is 0 Å². The van der Waals surface area contributed by atoms with Crippen LogP contribution in [0.3, 0.4) is 0 Å². The van der Waals surface area contributed by atoms with Crippen molar-refractivity contribution in [3.63, 3.8) is 0 Å². The molecule has 0 aromatic heterocycles. The molecule has 0 radical (unpaired) electrons. The van der Waals surface area contributed by atoms with Gasteiger partial charge in [0.25, 0.3) is 5.91 Å². The summed E-state index contributed by atoms with van der Waals surface area (Å²) in [4.78, 5) is 12.0. The maximum Gasteiger partial charge on any atom is 0.257 e. The van der Waals surface area contributed by atoms with Crippen molar-refractivity contribution < 1.29 is 14.3 Å². The number of hydrogen-bond acceptors (Lipinski definition) is 4. The van der Waals surface area contributed by atoms with Crippen molar-refractivity contribution in [2.45, 2.75) is 13.8 Å². The summed E-state index contributed by atoms with van der Waals surface area (Å²) in [7, 11) is 0. The summed E-state index contributed by atoms with van der Waals surface area (Å²) in [5.41, 5.74) is 0.484. The molecule has 0 aliphatic carbocycles. The van der Waals surface area contributed by atoms with Crippen LogP contribution in [0.4, 0.5) is 0 Å². The van der Waals surface area contributed by atoms with Crippen LogP contribution >= 0.6 is 12.2 Å². The van der Waals surface area contributed by atoms with Crippen LogP contribution in [0.2, 0.25) is 0 Å². The van der Waals surface area contributed by atoms with Crippen molar-refractivity contribution in [3.8, 4) is 11.5 Å². The Hall–Kier alpha value is -1.82. The molecular weight excluding hydrogens is 264 g/mol. The number of fused-ring (bicyclic) bond motifs is 1. The highest BCUT2D eigenvalue weighted by atomic mass is 32.1. The molecule has 2 rings (SSSR count). The van der Waals surface area contributed by atoms with Crippen molar-refractivity contribution in [1.82, 2.24) is 10.6 Å². The highest BCUT2D eigenvalue weighted by Gasteiger charge is 2.16. The zero-order valence-corrected chi connectivity index (χ0v) is 11.7. The van der Waals surface area contributed by atoms with Gasteiger partial charge in [0.1, 0.15) is 0 Å². The van der Waals surface area contributed by atoms with Gasteiger partial charge in [0.05, 0.1) is 0 Å². The molecule has 1 aliphatic rings. The topological polar surface area (TPSA) is 59.6 Å². The van der Waals surface area contributed by atoms with E-state index in [4.69, 9.17) is 21.7 Å². The Morgan fingerprint density at radius 3 is 2.84 bits per heavy atom. The van der Waals surface area contributed by atoms with Crippen LogP contribution < -0.4 is 20.1 Å². The van der Waals surface area contributed by atoms with Crippen LogP contribution in [0.25, 0.3) is 0 Å². The summed E-state index contributed by atoms with van der Waals surface area (Å²) in [6.07, 6.45) is 0. The Kier molecular flexibility index (Phi) is 4.21. The first-order chi connectivity index (χ1) is 9.06. The molecule has 1 heterocycles. The lowest BCUT2D eigenvalue weighted by Crippen LogP contribution is -2.40. The smallest absolute Gasteiger partial charge is 0.257 e. The van der Waals surface area contributed by atoms with E-state index < -0.39 is 0 Å². The normalized spacial score (nSPS) is 12.4. The molecule has 1 aromatic rings. The zero-order valence-electron chi connectivity index (χ0n) is 10.9. The number of thiocarbonyl (C=S) groups is 1. The molecule has 0 unspecified atom stereocenters. The first-order valence-corrected chi connectivity index (χ1v) is 6.46. The van der Waals surface area contributed by atoms with E-state index in [0.29, 0.717) is 28.1 Å². The number of rotatable bonds is 3. The third-order valence-corrected chi connectivity index (χ3v) is 2.78. The van der Waals surface area contributed by atoms with Gasteiger partial charge in [-0.25, -0.2) is 0 Å². The van der Waals surface area contributed by atoms with Crippen LogP contribution in [-0.4, -0.2) is 24.4 Å². The molecule has 0 fully saturated rings. The molecule has 0 atom stereocenters. The molecular formula is C13H16N2O3S. The van der Waals surface area contributed by atoms with Gasteiger partial charge in [0, 0.05) is 12.1 Å². The van der Waals surface area contributed by atoms with Crippen LogP contribution in [0.1, 0.15) is 24.2 Å². The number of ether oxygens (including phenoxy) is 2. The summed E-state index contributed by atoms with van der Waals surface area (Å²) in [5.74, 6) is 1.42. The zero-order chi connectivity index (χ0) is 13.8. The van der Waals surface area contributed by atoms with E-state index >= 15 is 0 Å². The van der Waals surface area contributed by atoms with Crippen LogP contribution in [0, 0.1) is 5.92 Å². The average Bonchev–Trinajstić information content (AvgIpc) is 2.83. The Labute approximate surface area is 117 Å². The molecule has 102 valence electrons. The standard InChI is InChI=1S/C13H16N2O3S/c1-8(2)6-14-13(19)15-12(16)9-3-4-10-11(5-9)18-7-17-10/h3-5,8H,6-7H2,1-2H3,(H2,14,15,16,19). The molecule has 19 heavy (non-hydrogen) atoms. The van der Waals surface area contributed by atoms with Gasteiger partial charge in [-0.1, -0.05) is 13.8 Å². The second-order valence-electron chi connectivity index (χ2n) is 4.63. The van der Waals surface area contributed by atoms with Crippen LogP contribution in [0.15, 0.2) is 18.2 Å². The SMILES string of the molecule is CC(C)CNC(=S)NC(=O)c1ccc2c(c1)OCO2. The minimum Gasteiger partial charge on any atom is -0.454 e.